The summed E-state index contributed by atoms with van der Waals surface area (Å²) >= 11 is 0. The van der Waals surface area contributed by atoms with Gasteiger partial charge in [0.1, 0.15) is 12.0 Å². The highest BCUT2D eigenvalue weighted by Gasteiger charge is 2.11. The summed E-state index contributed by atoms with van der Waals surface area (Å²) in [4.78, 5) is 13.3. The molecule has 0 atom stereocenters. The van der Waals surface area contributed by atoms with E-state index in [4.69, 9.17) is 0 Å². The van der Waals surface area contributed by atoms with Crippen molar-refractivity contribution in [3.05, 3.63) is 95.8 Å². The van der Waals surface area contributed by atoms with Gasteiger partial charge in [-0.15, -0.1) is 0 Å². The third-order valence-corrected chi connectivity index (χ3v) is 5.35. The molecular formula is C24H16N4. The SMILES string of the molecule is c1ccc2c(c1)c1ccccc1n2-c1ccc(-c2cc3c(cn2)=NCN=3)cc1. The number of pyridine rings is 1. The van der Waals surface area contributed by atoms with Gasteiger partial charge in [-0.25, -0.2) is 0 Å². The van der Waals surface area contributed by atoms with E-state index in [-0.39, 0.29) is 0 Å². The molecule has 132 valence electrons. The van der Waals surface area contributed by atoms with Crippen LogP contribution < -0.4 is 10.7 Å². The smallest absolute Gasteiger partial charge is 0.131 e. The molecule has 3 aromatic carbocycles. The average Bonchev–Trinajstić information content (AvgIpc) is 3.36. The lowest BCUT2D eigenvalue weighted by atomic mass is 10.1. The number of hydrogen-bond acceptors (Lipinski definition) is 3. The Hall–Kier alpha value is -3.79. The molecule has 0 saturated heterocycles. The number of aromatic nitrogens is 2. The van der Waals surface area contributed by atoms with Crippen molar-refractivity contribution in [2.45, 2.75) is 0 Å². The van der Waals surface area contributed by atoms with Crippen molar-refractivity contribution < 1.29 is 0 Å². The molecule has 0 radical (unpaired) electrons. The maximum absolute atomic E-state index is 4.55. The summed E-state index contributed by atoms with van der Waals surface area (Å²) in [6.45, 7) is 0.507. The van der Waals surface area contributed by atoms with Crippen molar-refractivity contribution in [3.8, 4) is 16.9 Å². The first-order chi connectivity index (χ1) is 13.9. The van der Waals surface area contributed by atoms with Crippen LogP contribution in [0.3, 0.4) is 0 Å². The van der Waals surface area contributed by atoms with Gasteiger partial charge in [-0.05, 0) is 30.3 Å². The number of rotatable bonds is 2. The Labute approximate surface area is 161 Å². The van der Waals surface area contributed by atoms with E-state index in [1.807, 2.05) is 12.3 Å². The van der Waals surface area contributed by atoms with E-state index in [9.17, 15) is 0 Å². The highest BCUT2D eigenvalue weighted by Crippen LogP contribution is 2.32. The molecule has 28 heavy (non-hydrogen) atoms. The Bertz CT molecular complexity index is 1420. The van der Waals surface area contributed by atoms with Gasteiger partial charge in [0, 0.05) is 22.0 Å². The van der Waals surface area contributed by atoms with Crippen LogP contribution in [0, 0.1) is 0 Å². The monoisotopic (exact) mass is 360 g/mol. The first kappa shape index (κ1) is 15.3. The Kier molecular flexibility index (Phi) is 3.20. The minimum absolute atomic E-state index is 0.507. The summed E-state index contributed by atoms with van der Waals surface area (Å²) < 4.78 is 2.32. The van der Waals surface area contributed by atoms with Crippen molar-refractivity contribution in [1.82, 2.24) is 9.55 Å². The van der Waals surface area contributed by atoms with Crippen LogP contribution in [0.1, 0.15) is 0 Å². The van der Waals surface area contributed by atoms with Crippen LogP contribution in [0.4, 0.5) is 0 Å². The second-order valence-electron chi connectivity index (χ2n) is 6.93. The average molecular weight is 360 g/mol. The quantitative estimate of drug-likeness (QED) is 0.468. The summed E-state index contributed by atoms with van der Waals surface area (Å²) in [7, 11) is 0. The standard InChI is InChI=1S/C24H16N4/c1-3-7-23-18(5-1)19-6-2-4-8-24(19)28(23)17-11-9-16(10-12-17)20-13-21-22(14-25-20)27-15-26-21/h1-14H,15H2. The van der Waals surface area contributed by atoms with Gasteiger partial charge in [0.25, 0.3) is 0 Å². The Balaban J connectivity index is 1.52. The largest absolute Gasteiger partial charge is 0.309 e. The maximum Gasteiger partial charge on any atom is 0.131 e. The number of fused-ring (bicyclic) bond motifs is 4. The van der Waals surface area contributed by atoms with Crippen molar-refractivity contribution in [1.29, 1.82) is 0 Å². The van der Waals surface area contributed by atoms with Crippen LogP contribution in [-0.4, -0.2) is 16.2 Å². The van der Waals surface area contributed by atoms with Gasteiger partial charge in [-0.1, -0.05) is 48.5 Å². The molecule has 0 saturated carbocycles. The molecular weight excluding hydrogens is 344 g/mol. The third-order valence-electron chi connectivity index (χ3n) is 5.35. The lowest BCUT2D eigenvalue weighted by molar-refractivity contribution is 1.06. The van der Waals surface area contributed by atoms with Gasteiger partial charge in [0.05, 0.1) is 28.3 Å². The molecule has 0 aliphatic carbocycles. The lowest BCUT2D eigenvalue weighted by Crippen LogP contribution is -2.22. The van der Waals surface area contributed by atoms with E-state index < -0.39 is 0 Å². The molecule has 5 aromatic rings. The van der Waals surface area contributed by atoms with Crippen molar-refractivity contribution >= 4 is 21.8 Å². The van der Waals surface area contributed by atoms with E-state index in [0.717, 1.165) is 27.7 Å². The van der Waals surface area contributed by atoms with Crippen LogP contribution in [0.15, 0.2) is 95.0 Å². The summed E-state index contributed by atoms with van der Waals surface area (Å²) in [5.74, 6) is 0. The molecule has 1 aliphatic heterocycles. The fourth-order valence-electron chi connectivity index (χ4n) is 4.01. The fraction of sp³-hybridized carbons (Fsp3) is 0.0417. The molecule has 6 rings (SSSR count). The zero-order valence-electron chi connectivity index (χ0n) is 15.1. The zero-order chi connectivity index (χ0) is 18.5. The summed E-state index contributed by atoms with van der Waals surface area (Å²) in [5, 5.41) is 4.35. The predicted octanol–water partition coefficient (Wildman–Crippen LogP) is 4.06. The minimum Gasteiger partial charge on any atom is -0.309 e. The summed E-state index contributed by atoms with van der Waals surface area (Å²) in [5.41, 5.74) is 5.57. The van der Waals surface area contributed by atoms with Gasteiger partial charge < -0.3 is 4.57 Å². The number of benzene rings is 3. The molecule has 1 aliphatic rings. The maximum atomic E-state index is 4.55. The van der Waals surface area contributed by atoms with Crippen LogP contribution in [-0.2, 0) is 0 Å². The number of nitrogens with zero attached hydrogens (tertiary/aromatic N) is 4. The lowest BCUT2D eigenvalue weighted by Gasteiger charge is -2.09. The van der Waals surface area contributed by atoms with E-state index >= 15 is 0 Å². The molecule has 0 amide bonds. The topological polar surface area (TPSA) is 42.5 Å². The number of para-hydroxylation sites is 2. The minimum atomic E-state index is 0.507. The van der Waals surface area contributed by atoms with Crippen molar-refractivity contribution in [3.63, 3.8) is 0 Å². The fourth-order valence-corrected chi connectivity index (χ4v) is 4.01. The normalized spacial score (nSPS) is 12.7. The molecule has 2 aromatic heterocycles. The van der Waals surface area contributed by atoms with Crippen molar-refractivity contribution in [2.24, 2.45) is 9.98 Å². The summed E-state index contributed by atoms with van der Waals surface area (Å²) in [6.07, 6.45) is 1.81. The van der Waals surface area contributed by atoms with Crippen LogP contribution in [0.2, 0.25) is 0 Å². The molecule has 4 heteroatoms. The van der Waals surface area contributed by atoms with E-state index in [1.165, 1.54) is 21.8 Å². The molecule has 0 spiro atoms. The van der Waals surface area contributed by atoms with E-state index in [1.54, 1.807) is 0 Å². The molecule has 0 unspecified atom stereocenters. The van der Waals surface area contributed by atoms with Crippen LogP contribution >= 0.6 is 0 Å². The Morgan fingerprint density at radius 2 is 1.32 bits per heavy atom. The summed E-state index contributed by atoms with van der Waals surface area (Å²) in [6, 6.07) is 27.7. The van der Waals surface area contributed by atoms with Crippen LogP contribution in [0.25, 0.3) is 38.8 Å². The molecule has 4 nitrogen and oxygen atoms in total. The van der Waals surface area contributed by atoms with Gasteiger partial charge in [-0.2, -0.15) is 0 Å². The molecule has 3 heterocycles. The van der Waals surface area contributed by atoms with Gasteiger partial charge in [0.15, 0.2) is 0 Å². The van der Waals surface area contributed by atoms with E-state index in [0.29, 0.717) is 6.67 Å². The second-order valence-corrected chi connectivity index (χ2v) is 6.93. The second kappa shape index (κ2) is 5.86. The van der Waals surface area contributed by atoms with Gasteiger partial charge in [-0.3, -0.25) is 15.0 Å². The first-order valence-corrected chi connectivity index (χ1v) is 9.32. The Morgan fingerprint density at radius 1 is 0.679 bits per heavy atom. The predicted molar refractivity (Wildman–Crippen MR) is 111 cm³/mol. The third kappa shape index (κ3) is 2.21. The van der Waals surface area contributed by atoms with E-state index in [2.05, 4.69) is 92.3 Å². The van der Waals surface area contributed by atoms with Gasteiger partial charge >= 0.3 is 0 Å². The van der Waals surface area contributed by atoms with Crippen LogP contribution in [0.5, 0.6) is 0 Å². The highest BCUT2D eigenvalue weighted by molar-refractivity contribution is 6.09. The molecule has 0 bridgehead atoms. The van der Waals surface area contributed by atoms with Gasteiger partial charge in [0.2, 0.25) is 0 Å². The molecule has 0 N–H and O–H groups in total. The van der Waals surface area contributed by atoms with Crippen molar-refractivity contribution in [2.75, 3.05) is 6.67 Å². The highest BCUT2D eigenvalue weighted by atomic mass is 15.0. The number of hydrogen-bond donors (Lipinski definition) is 0. The molecule has 0 fully saturated rings. The first-order valence-electron chi connectivity index (χ1n) is 9.32. The zero-order valence-corrected chi connectivity index (χ0v) is 15.1. The Morgan fingerprint density at radius 3 is 2.04 bits per heavy atom.